The Bertz CT molecular complexity index is 350. The number of carboxylic acids is 1. The summed E-state index contributed by atoms with van der Waals surface area (Å²) >= 11 is 0. The summed E-state index contributed by atoms with van der Waals surface area (Å²) in [6.07, 6.45) is 2.79. The average Bonchev–Trinajstić information content (AvgIpc) is 2.34. The van der Waals surface area contributed by atoms with Crippen molar-refractivity contribution in [3.8, 4) is 0 Å². The predicted molar refractivity (Wildman–Crippen MR) is 78.6 cm³/mol. The van der Waals surface area contributed by atoms with Gasteiger partial charge in [0.05, 0.1) is 6.42 Å². The van der Waals surface area contributed by atoms with Gasteiger partial charge >= 0.3 is 12.0 Å². The summed E-state index contributed by atoms with van der Waals surface area (Å²) in [5.74, 6) is -0.466. The molecule has 0 aromatic heterocycles. The molecular weight excluding hydrogens is 256 g/mol. The van der Waals surface area contributed by atoms with E-state index in [2.05, 4.69) is 33.0 Å². The molecule has 2 atom stereocenters. The monoisotopic (exact) mass is 284 g/mol. The van der Waals surface area contributed by atoms with Gasteiger partial charge in [0.25, 0.3) is 0 Å². The molecule has 5 nitrogen and oxygen atoms in total. The molecule has 116 valence electrons. The number of likely N-dealkylation sites (tertiary alicyclic amines) is 1. The molecule has 2 amide bonds. The molecule has 1 aliphatic heterocycles. The largest absolute Gasteiger partial charge is 0.481 e. The highest BCUT2D eigenvalue weighted by molar-refractivity contribution is 5.76. The first-order valence-electron chi connectivity index (χ1n) is 7.48. The highest BCUT2D eigenvalue weighted by atomic mass is 16.4. The van der Waals surface area contributed by atoms with Crippen molar-refractivity contribution in [3.63, 3.8) is 0 Å². The molecule has 1 heterocycles. The van der Waals surface area contributed by atoms with Gasteiger partial charge in [-0.1, -0.05) is 27.7 Å². The molecule has 0 saturated carbocycles. The predicted octanol–water partition coefficient (Wildman–Crippen LogP) is 2.71. The first kappa shape index (κ1) is 16.8. The molecular formula is C15H28N2O3. The van der Waals surface area contributed by atoms with Gasteiger partial charge in [0, 0.05) is 19.1 Å². The van der Waals surface area contributed by atoms with Gasteiger partial charge in [0.2, 0.25) is 0 Å². The van der Waals surface area contributed by atoms with E-state index in [1.165, 1.54) is 0 Å². The second-order valence-corrected chi connectivity index (χ2v) is 6.89. The molecule has 0 radical (unpaired) electrons. The maximum absolute atomic E-state index is 12.2. The van der Waals surface area contributed by atoms with E-state index in [4.69, 9.17) is 5.11 Å². The lowest BCUT2D eigenvalue weighted by Gasteiger charge is -2.36. The molecule has 0 bridgehead atoms. The minimum atomic E-state index is -0.835. The highest BCUT2D eigenvalue weighted by Crippen LogP contribution is 2.25. The van der Waals surface area contributed by atoms with Gasteiger partial charge < -0.3 is 15.3 Å². The van der Waals surface area contributed by atoms with E-state index in [1.54, 1.807) is 4.90 Å². The molecule has 0 aromatic rings. The molecule has 0 aromatic carbocycles. The van der Waals surface area contributed by atoms with Crippen LogP contribution in [0.2, 0.25) is 0 Å². The van der Waals surface area contributed by atoms with Crippen LogP contribution in [-0.4, -0.2) is 41.1 Å². The van der Waals surface area contributed by atoms with Gasteiger partial charge in [-0.3, -0.25) is 4.79 Å². The lowest BCUT2D eigenvalue weighted by atomic mass is 9.82. The molecule has 20 heavy (non-hydrogen) atoms. The number of aliphatic carboxylic acids is 1. The topological polar surface area (TPSA) is 69.6 Å². The fraction of sp³-hybridized carbons (Fsp3) is 0.867. The standard InChI is InChI=1S/C15H28N2O3/c1-11(15(2,3)4)10-16-14(20)17-8-6-5-7-12(17)9-13(18)19/h11-12H,5-10H2,1-4H3,(H,16,20)(H,18,19). The Hall–Kier alpha value is -1.26. The van der Waals surface area contributed by atoms with Crippen LogP contribution in [-0.2, 0) is 4.79 Å². The van der Waals surface area contributed by atoms with Crippen molar-refractivity contribution in [3.05, 3.63) is 0 Å². The number of carbonyl (C=O) groups excluding carboxylic acids is 1. The Morgan fingerprint density at radius 3 is 2.55 bits per heavy atom. The van der Waals surface area contributed by atoms with Crippen molar-refractivity contribution in [1.82, 2.24) is 10.2 Å². The minimum Gasteiger partial charge on any atom is -0.481 e. The number of urea groups is 1. The SMILES string of the molecule is CC(CNC(=O)N1CCCCC1CC(=O)O)C(C)(C)C. The summed E-state index contributed by atoms with van der Waals surface area (Å²) < 4.78 is 0. The van der Waals surface area contributed by atoms with Crippen LogP contribution in [0.15, 0.2) is 0 Å². The number of nitrogens with zero attached hydrogens (tertiary/aromatic N) is 1. The van der Waals surface area contributed by atoms with Gasteiger partial charge in [0.15, 0.2) is 0 Å². The van der Waals surface area contributed by atoms with Gasteiger partial charge in [-0.05, 0) is 30.6 Å². The molecule has 0 aliphatic carbocycles. The van der Waals surface area contributed by atoms with Crippen molar-refractivity contribution in [2.24, 2.45) is 11.3 Å². The molecule has 1 rings (SSSR count). The van der Waals surface area contributed by atoms with Crippen LogP contribution >= 0.6 is 0 Å². The smallest absolute Gasteiger partial charge is 0.317 e. The maximum Gasteiger partial charge on any atom is 0.317 e. The number of rotatable bonds is 4. The van der Waals surface area contributed by atoms with Crippen LogP contribution in [0.3, 0.4) is 0 Å². The van der Waals surface area contributed by atoms with E-state index in [0.717, 1.165) is 19.3 Å². The number of nitrogens with one attached hydrogen (secondary N) is 1. The maximum atomic E-state index is 12.2. The van der Waals surface area contributed by atoms with E-state index in [1.807, 2.05) is 0 Å². The van der Waals surface area contributed by atoms with Crippen molar-refractivity contribution >= 4 is 12.0 Å². The number of hydrogen-bond donors (Lipinski definition) is 2. The van der Waals surface area contributed by atoms with Crippen molar-refractivity contribution < 1.29 is 14.7 Å². The summed E-state index contributed by atoms with van der Waals surface area (Å²) in [7, 11) is 0. The van der Waals surface area contributed by atoms with Crippen molar-refractivity contribution in [2.75, 3.05) is 13.1 Å². The van der Waals surface area contributed by atoms with Crippen LogP contribution in [0.5, 0.6) is 0 Å². The van der Waals surface area contributed by atoms with E-state index in [-0.39, 0.29) is 23.9 Å². The lowest BCUT2D eigenvalue weighted by molar-refractivity contribution is -0.138. The van der Waals surface area contributed by atoms with E-state index in [9.17, 15) is 9.59 Å². The third-order valence-electron chi connectivity index (χ3n) is 4.34. The van der Waals surface area contributed by atoms with Crippen molar-refractivity contribution in [2.45, 2.75) is 59.4 Å². The Balaban J connectivity index is 2.53. The number of hydrogen-bond acceptors (Lipinski definition) is 2. The zero-order valence-corrected chi connectivity index (χ0v) is 13.1. The molecule has 5 heteroatoms. The average molecular weight is 284 g/mol. The Kier molecular flexibility index (Phi) is 5.84. The Morgan fingerprint density at radius 2 is 2.00 bits per heavy atom. The van der Waals surface area contributed by atoms with Gasteiger partial charge in [-0.15, -0.1) is 0 Å². The highest BCUT2D eigenvalue weighted by Gasteiger charge is 2.29. The van der Waals surface area contributed by atoms with Crippen LogP contribution < -0.4 is 5.32 Å². The number of carboxylic acid groups (broad SMARTS) is 1. The number of amides is 2. The third-order valence-corrected chi connectivity index (χ3v) is 4.34. The van der Waals surface area contributed by atoms with Gasteiger partial charge in [0.1, 0.15) is 0 Å². The second-order valence-electron chi connectivity index (χ2n) is 6.89. The van der Waals surface area contributed by atoms with Crippen LogP contribution in [0, 0.1) is 11.3 Å². The van der Waals surface area contributed by atoms with Gasteiger partial charge in [-0.25, -0.2) is 4.79 Å². The lowest BCUT2D eigenvalue weighted by Crippen LogP contribution is -2.50. The molecule has 1 fully saturated rings. The molecule has 2 N–H and O–H groups in total. The molecule has 1 aliphatic rings. The quantitative estimate of drug-likeness (QED) is 0.834. The summed E-state index contributed by atoms with van der Waals surface area (Å²) in [6.45, 7) is 9.85. The van der Waals surface area contributed by atoms with E-state index in [0.29, 0.717) is 19.0 Å². The van der Waals surface area contributed by atoms with E-state index >= 15 is 0 Å². The zero-order chi connectivity index (χ0) is 15.3. The second kappa shape index (κ2) is 6.95. The number of piperidine rings is 1. The fourth-order valence-electron chi connectivity index (χ4n) is 2.33. The third kappa shape index (κ3) is 5.02. The van der Waals surface area contributed by atoms with Crippen LogP contribution in [0.25, 0.3) is 0 Å². The summed E-state index contributed by atoms with van der Waals surface area (Å²) in [5, 5.41) is 11.9. The summed E-state index contributed by atoms with van der Waals surface area (Å²) in [4.78, 5) is 24.8. The summed E-state index contributed by atoms with van der Waals surface area (Å²) in [6, 6.07) is -0.279. The molecule has 1 saturated heterocycles. The molecule has 2 unspecified atom stereocenters. The van der Waals surface area contributed by atoms with Crippen molar-refractivity contribution in [1.29, 1.82) is 0 Å². The zero-order valence-electron chi connectivity index (χ0n) is 13.1. The van der Waals surface area contributed by atoms with Crippen LogP contribution in [0.1, 0.15) is 53.4 Å². The first-order chi connectivity index (χ1) is 9.21. The Morgan fingerprint density at radius 1 is 1.35 bits per heavy atom. The van der Waals surface area contributed by atoms with Gasteiger partial charge in [-0.2, -0.15) is 0 Å². The normalized spacial score (nSPS) is 21.4. The summed E-state index contributed by atoms with van der Waals surface area (Å²) in [5.41, 5.74) is 0.148. The van der Waals surface area contributed by atoms with E-state index < -0.39 is 5.97 Å². The minimum absolute atomic E-state index is 0.0439. The Labute approximate surface area is 121 Å². The number of carbonyl (C=O) groups is 2. The molecule has 0 spiro atoms. The van der Waals surface area contributed by atoms with Crippen LogP contribution in [0.4, 0.5) is 4.79 Å². The fourth-order valence-corrected chi connectivity index (χ4v) is 2.33. The first-order valence-corrected chi connectivity index (χ1v) is 7.48.